The van der Waals surface area contributed by atoms with Crippen LogP contribution in [0, 0.1) is 10.1 Å². The normalized spacial score (nSPS) is 13.7. The van der Waals surface area contributed by atoms with Crippen molar-refractivity contribution in [3.8, 4) is 22.5 Å². The lowest BCUT2D eigenvalue weighted by Crippen LogP contribution is -2.41. The molecular formula is C24H18N6O5S. The fraction of sp³-hybridized carbons (Fsp3) is 0.0417. The maximum Gasteiger partial charge on any atom is 0.270 e. The van der Waals surface area contributed by atoms with Gasteiger partial charge < -0.3 is 0 Å². The summed E-state index contributed by atoms with van der Waals surface area (Å²) < 4.78 is 28.2. The van der Waals surface area contributed by atoms with Gasteiger partial charge in [-0.3, -0.25) is 24.3 Å². The zero-order chi connectivity index (χ0) is 25.3. The van der Waals surface area contributed by atoms with E-state index in [4.69, 9.17) is 0 Å². The lowest BCUT2D eigenvalue weighted by molar-refractivity contribution is -0.384. The van der Waals surface area contributed by atoms with Gasteiger partial charge in [-0.05, 0) is 6.07 Å². The van der Waals surface area contributed by atoms with Gasteiger partial charge in [0.2, 0.25) is 0 Å². The number of non-ortho nitro benzene ring substituents is 1. The van der Waals surface area contributed by atoms with Crippen LogP contribution >= 0.6 is 0 Å². The molecule has 0 unspecified atom stereocenters. The highest BCUT2D eigenvalue weighted by Gasteiger charge is 2.39. The standard InChI is InChI=1S/C24H18N6O5S/c31-21(26-25-14-16-7-6-10-18(13-16)30(32)33)15-29-24-22(17-8-2-1-3-9-17)27-28-23(24)19-11-4-5-12-20(19)36(29,34)35/h1-14H,15H2,(H,26,31)(H,27,28)/b25-14+. The quantitative estimate of drug-likeness (QED) is 0.235. The first kappa shape index (κ1) is 22.9. The van der Waals surface area contributed by atoms with E-state index in [1.807, 2.05) is 6.07 Å². The zero-order valence-corrected chi connectivity index (χ0v) is 19.3. The molecular weight excluding hydrogens is 484 g/mol. The third-order valence-corrected chi connectivity index (χ3v) is 7.34. The summed E-state index contributed by atoms with van der Waals surface area (Å²) in [5.41, 5.74) is 4.84. The highest BCUT2D eigenvalue weighted by atomic mass is 32.2. The molecule has 1 aliphatic heterocycles. The average Bonchev–Trinajstić information content (AvgIpc) is 3.32. The van der Waals surface area contributed by atoms with E-state index in [0.717, 1.165) is 4.31 Å². The SMILES string of the molecule is O=C(CN1c2c(-c3ccccc3)n[nH]c2-c2ccccc2S1(=O)=O)N/N=C/c1cccc([N+](=O)[O-])c1. The zero-order valence-electron chi connectivity index (χ0n) is 18.5. The largest absolute Gasteiger partial charge is 0.275 e. The van der Waals surface area contributed by atoms with Gasteiger partial charge in [0, 0.05) is 28.8 Å². The van der Waals surface area contributed by atoms with Crippen LogP contribution in [0.4, 0.5) is 11.4 Å². The van der Waals surface area contributed by atoms with Gasteiger partial charge in [0.25, 0.3) is 21.6 Å². The van der Waals surface area contributed by atoms with Crippen molar-refractivity contribution in [2.75, 3.05) is 10.8 Å². The van der Waals surface area contributed by atoms with E-state index in [-0.39, 0.29) is 16.3 Å². The van der Waals surface area contributed by atoms with Crippen molar-refractivity contribution in [3.05, 3.63) is 94.5 Å². The topological polar surface area (TPSA) is 151 Å². The number of hydrogen-bond acceptors (Lipinski definition) is 7. The molecule has 12 heteroatoms. The highest BCUT2D eigenvalue weighted by molar-refractivity contribution is 7.93. The molecule has 180 valence electrons. The fourth-order valence-corrected chi connectivity index (χ4v) is 5.57. The number of carbonyl (C=O) groups excluding carboxylic acids is 1. The summed E-state index contributed by atoms with van der Waals surface area (Å²) in [7, 11) is -4.10. The number of sulfonamides is 1. The molecule has 0 saturated heterocycles. The molecule has 5 rings (SSSR count). The van der Waals surface area contributed by atoms with Gasteiger partial charge in [0.05, 0.1) is 21.7 Å². The number of nitrogens with zero attached hydrogens (tertiary/aromatic N) is 4. The van der Waals surface area contributed by atoms with E-state index in [0.29, 0.717) is 28.1 Å². The number of amides is 1. The molecule has 1 amide bonds. The molecule has 2 N–H and O–H groups in total. The molecule has 0 radical (unpaired) electrons. The second-order valence-electron chi connectivity index (χ2n) is 7.81. The van der Waals surface area contributed by atoms with Gasteiger partial charge in [-0.2, -0.15) is 10.2 Å². The van der Waals surface area contributed by atoms with Crippen LogP contribution in [0.25, 0.3) is 22.5 Å². The Hall–Kier alpha value is -4.84. The predicted molar refractivity (Wildman–Crippen MR) is 133 cm³/mol. The van der Waals surface area contributed by atoms with Crippen molar-refractivity contribution >= 4 is 33.5 Å². The molecule has 0 saturated carbocycles. The maximum absolute atomic E-state index is 13.6. The monoisotopic (exact) mass is 502 g/mol. The van der Waals surface area contributed by atoms with E-state index in [9.17, 15) is 23.3 Å². The first-order chi connectivity index (χ1) is 17.4. The van der Waals surface area contributed by atoms with Crippen molar-refractivity contribution < 1.29 is 18.1 Å². The molecule has 11 nitrogen and oxygen atoms in total. The van der Waals surface area contributed by atoms with Gasteiger partial charge in [-0.15, -0.1) is 0 Å². The number of nitro groups is 1. The first-order valence-electron chi connectivity index (χ1n) is 10.7. The van der Waals surface area contributed by atoms with E-state index < -0.39 is 27.4 Å². The molecule has 0 bridgehead atoms. The number of aromatic nitrogens is 2. The first-order valence-corrected chi connectivity index (χ1v) is 12.1. The minimum absolute atomic E-state index is 0.0497. The molecule has 1 aliphatic rings. The van der Waals surface area contributed by atoms with Crippen LogP contribution in [0.3, 0.4) is 0 Å². The van der Waals surface area contributed by atoms with Crippen LogP contribution in [0.15, 0.2) is 88.9 Å². The Labute approximate surface area is 205 Å². The third-order valence-electron chi connectivity index (χ3n) is 5.53. The molecule has 4 aromatic rings. The van der Waals surface area contributed by atoms with Crippen LogP contribution in [0.2, 0.25) is 0 Å². The van der Waals surface area contributed by atoms with Gasteiger partial charge in [0.1, 0.15) is 17.9 Å². The molecule has 2 heterocycles. The number of hydrogen-bond donors (Lipinski definition) is 2. The summed E-state index contributed by atoms with van der Waals surface area (Å²) in [5.74, 6) is -0.703. The molecule has 0 aliphatic carbocycles. The van der Waals surface area contributed by atoms with Gasteiger partial charge in [0.15, 0.2) is 0 Å². The Morgan fingerprint density at radius 1 is 1.08 bits per heavy atom. The van der Waals surface area contributed by atoms with Crippen molar-refractivity contribution in [1.82, 2.24) is 15.6 Å². The van der Waals surface area contributed by atoms with Crippen LogP contribution in [0.1, 0.15) is 5.56 Å². The minimum atomic E-state index is -4.10. The van der Waals surface area contributed by atoms with Crippen LogP contribution in [-0.2, 0) is 14.8 Å². The van der Waals surface area contributed by atoms with Gasteiger partial charge in [-0.1, -0.05) is 60.7 Å². The number of nitro benzene ring substituents is 1. The Bertz CT molecular complexity index is 1600. The summed E-state index contributed by atoms with van der Waals surface area (Å²) >= 11 is 0. The second kappa shape index (κ2) is 9.07. The number of aromatic amines is 1. The Balaban J connectivity index is 1.47. The van der Waals surface area contributed by atoms with E-state index >= 15 is 0 Å². The maximum atomic E-state index is 13.6. The second-order valence-corrected chi connectivity index (χ2v) is 9.65. The molecule has 1 aromatic heterocycles. The summed E-state index contributed by atoms with van der Waals surface area (Å²) in [4.78, 5) is 23.2. The van der Waals surface area contributed by atoms with Crippen molar-refractivity contribution in [3.63, 3.8) is 0 Å². The Kier molecular flexibility index (Phi) is 5.78. The number of nitrogens with one attached hydrogen (secondary N) is 2. The number of H-pyrrole nitrogens is 1. The number of benzene rings is 3. The smallest absolute Gasteiger partial charge is 0.270 e. The summed E-state index contributed by atoms with van der Waals surface area (Å²) in [6.45, 7) is -0.560. The van der Waals surface area contributed by atoms with Crippen LogP contribution < -0.4 is 9.73 Å². The summed E-state index contributed by atoms with van der Waals surface area (Å²) in [5, 5.41) is 22.1. The Morgan fingerprint density at radius 2 is 1.83 bits per heavy atom. The van der Waals surface area contributed by atoms with E-state index in [2.05, 4.69) is 20.7 Å². The minimum Gasteiger partial charge on any atom is -0.275 e. The molecule has 36 heavy (non-hydrogen) atoms. The van der Waals surface area contributed by atoms with E-state index in [1.54, 1.807) is 48.5 Å². The lowest BCUT2D eigenvalue weighted by atomic mass is 10.1. The van der Waals surface area contributed by atoms with Crippen LogP contribution in [0.5, 0.6) is 0 Å². The van der Waals surface area contributed by atoms with Crippen molar-refractivity contribution in [2.24, 2.45) is 5.10 Å². The Morgan fingerprint density at radius 3 is 2.61 bits per heavy atom. The number of rotatable bonds is 6. The number of fused-ring (bicyclic) bond motifs is 3. The third kappa shape index (κ3) is 4.09. The highest BCUT2D eigenvalue weighted by Crippen LogP contribution is 2.46. The number of hydrazone groups is 1. The molecule has 3 aromatic carbocycles. The summed E-state index contributed by atoms with van der Waals surface area (Å²) in [6.07, 6.45) is 1.24. The number of anilines is 1. The van der Waals surface area contributed by atoms with Gasteiger partial charge >= 0.3 is 0 Å². The molecule has 0 atom stereocenters. The predicted octanol–water partition coefficient (Wildman–Crippen LogP) is 3.31. The summed E-state index contributed by atoms with van der Waals surface area (Å²) in [6, 6.07) is 21.2. The number of carbonyl (C=O) groups is 1. The molecule has 0 spiro atoms. The van der Waals surface area contributed by atoms with Crippen molar-refractivity contribution in [2.45, 2.75) is 4.90 Å². The fourth-order valence-electron chi connectivity index (χ4n) is 3.93. The van der Waals surface area contributed by atoms with Crippen LogP contribution in [-0.4, -0.2) is 42.2 Å². The van der Waals surface area contributed by atoms with Gasteiger partial charge in [-0.25, -0.2) is 13.8 Å². The lowest BCUT2D eigenvalue weighted by Gasteiger charge is -2.29. The van der Waals surface area contributed by atoms with Crippen molar-refractivity contribution in [1.29, 1.82) is 0 Å². The van der Waals surface area contributed by atoms with E-state index in [1.165, 1.54) is 30.5 Å². The molecule has 0 fully saturated rings. The average molecular weight is 503 g/mol.